The Kier molecular flexibility index (Phi) is 4.81. The van der Waals surface area contributed by atoms with E-state index in [0.717, 1.165) is 23.8 Å². The SMILES string of the molecule is CNCC(Cc1c(C)nn(C)c1Cl)C(C)C. The summed E-state index contributed by atoms with van der Waals surface area (Å²) in [6, 6.07) is 0. The van der Waals surface area contributed by atoms with E-state index in [1.807, 2.05) is 21.0 Å². The maximum absolute atomic E-state index is 6.24. The number of rotatable bonds is 5. The Bertz CT molecular complexity index is 344. The van der Waals surface area contributed by atoms with Gasteiger partial charge in [0.1, 0.15) is 5.15 Å². The Hall–Kier alpha value is -0.540. The molecule has 1 rings (SSSR count). The second-order valence-corrected chi connectivity index (χ2v) is 5.10. The van der Waals surface area contributed by atoms with E-state index < -0.39 is 0 Å². The molecule has 1 atom stereocenters. The zero-order valence-corrected chi connectivity index (χ0v) is 11.6. The Morgan fingerprint density at radius 1 is 1.44 bits per heavy atom. The fraction of sp³-hybridized carbons (Fsp3) is 0.750. The molecule has 1 aromatic heterocycles. The molecule has 3 nitrogen and oxygen atoms in total. The molecule has 0 saturated heterocycles. The van der Waals surface area contributed by atoms with E-state index in [9.17, 15) is 0 Å². The third kappa shape index (κ3) is 2.98. The van der Waals surface area contributed by atoms with Crippen LogP contribution in [0.5, 0.6) is 0 Å². The zero-order chi connectivity index (χ0) is 12.3. The van der Waals surface area contributed by atoms with E-state index in [2.05, 4.69) is 24.3 Å². The molecule has 16 heavy (non-hydrogen) atoms. The summed E-state index contributed by atoms with van der Waals surface area (Å²) in [4.78, 5) is 0. The smallest absolute Gasteiger partial charge is 0.130 e. The van der Waals surface area contributed by atoms with Crippen molar-refractivity contribution >= 4 is 11.6 Å². The van der Waals surface area contributed by atoms with E-state index in [-0.39, 0.29) is 0 Å². The van der Waals surface area contributed by atoms with Gasteiger partial charge in [0.05, 0.1) is 5.69 Å². The maximum atomic E-state index is 6.24. The topological polar surface area (TPSA) is 29.9 Å². The molecule has 0 radical (unpaired) electrons. The molecule has 92 valence electrons. The normalized spacial score (nSPS) is 13.4. The molecule has 1 unspecified atom stereocenters. The minimum atomic E-state index is 0.602. The number of hydrogen-bond donors (Lipinski definition) is 1. The van der Waals surface area contributed by atoms with Gasteiger partial charge >= 0.3 is 0 Å². The highest BCUT2D eigenvalue weighted by atomic mass is 35.5. The van der Waals surface area contributed by atoms with Crippen LogP contribution >= 0.6 is 11.6 Å². The molecule has 0 aliphatic carbocycles. The Balaban J connectivity index is 2.84. The number of aromatic nitrogens is 2. The quantitative estimate of drug-likeness (QED) is 0.861. The number of nitrogens with zero attached hydrogens (tertiary/aromatic N) is 2. The Labute approximate surface area is 103 Å². The van der Waals surface area contributed by atoms with Gasteiger partial charge in [-0.15, -0.1) is 0 Å². The van der Waals surface area contributed by atoms with Crippen molar-refractivity contribution in [1.82, 2.24) is 15.1 Å². The number of nitrogens with one attached hydrogen (secondary N) is 1. The summed E-state index contributed by atoms with van der Waals surface area (Å²) < 4.78 is 1.75. The van der Waals surface area contributed by atoms with Crippen molar-refractivity contribution < 1.29 is 0 Å². The molecule has 0 aliphatic heterocycles. The number of hydrogen-bond acceptors (Lipinski definition) is 2. The first kappa shape index (κ1) is 13.5. The third-order valence-electron chi connectivity index (χ3n) is 3.15. The van der Waals surface area contributed by atoms with Gasteiger partial charge in [0.25, 0.3) is 0 Å². The Morgan fingerprint density at radius 2 is 2.06 bits per heavy atom. The molecule has 1 heterocycles. The average Bonchev–Trinajstić information content (AvgIpc) is 2.43. The van der Waals surface area contributed by atoms with E-state index in [4.69, 9.17) is 11.6 Å². The van der Waals surface area contributed by atoms with Crippen molar-refractivity contribution in [3.05, 3.63) is 16.4 Å². The molecule has 0 bridgehead atoms. The summed E-state index contributed by atoms with van der Waals surface area (Å²) in [6.07, 6.45) is 0.997. The van der Waals surface area contributed by atoms with Gasteiger partial charge in [-0.1, -0.05) is 25.4 Å². The van der Waals surface area contributed by atoms with E-state index in [0.29, 0.717) is 11.8 Å². The molecule has 0 spiro atoms. The first-order chi connectivity index (χ1) is 7.47. The van der Waals surface area contributed by atoms with E-state index in [1.165, 1.54) is 5.56 Å². The van der Waals surface area contributed by atoms with Crippen LogP contribution in [0.2, 0.25) is 5.15 Å². The minimum Gasteiger partial charge on any atom is -0.319 e. The van der Waals surface area contributed by atoms with Crippen molar-refractivity contribution in [3.8, 4) is 0 Å². The van der Waals surface area contributed by atoms with Crippen molar-refractivity contribution in [2.24, 2.45) is 18.9 Å². The van der Waals surface area contributed by atoms with Crippen LogP contribution in [0.25, 0.3) is 0 Å². The van der Waals surface area contributed by atoms with Crippen molar-refractivity contribution in [2.75, 3.05) is 13.6 Å². The van der Waals surface area contributed by atoms with Gasteiger partial charge in [-0.3, -0.25) is 4.68 Å². The number of halogens is 1. The van der Waals surface area contributed by atoms with Gasteiger partial charge in [0, 0.05) is 12.6 Å². The van der Waals surface area contributed by atoms with Crippen LogP contribution < -0.4 is 5.32 Å². The second kappa shape index (κ2) is 5.69. The van der Waals surface area contributed by atoms with Crippen molar-refractivity contribution in [2.45, 2.75) is 27.2 Å². The first-order valence-corrected chi connectivity index (χ1v) is 6.17. The van der Waals surface area contributed by atoms with Crippen molar-refractivity contribution in [3.63, 3.8) is 0 Å². The summed E-state index contributed by atoms with van der Waals surface area (Å²) in [5, 5.41) is 8.37. The highest BCUT2D eigenvalue weighted by Crippen LogP contribution is 2.24. The molecule has 0 saturated carbocycles. The third-order valence-corrected chi connectivity index (χ3v) is 3.62. The first-order valence-electron chi connectivity index (χ1n) is 5.80. The van der Waals surface area contributed by atoms with Crippen molar-refractivity contribution in [1.29, 1.82) is 0 Å². The minimum absolute atomic E-state index is 0.602. The van der Waals surface area contributed by atoms with Crippen LogP contribution in [-0.2, 0) is 13.5 Å². The highest BCUT2D eigenvalue weighted by molar-refractivity contribution is 6.30. The lowest BCUT2D eigenvalue weighted by molar-refractivity contribution is 0.370. The van der Waals surface area contributed by atoms with Crippen LogP contribution in [0, 0.1) is 18.8 Å². The summed E-state index contributed by atoms with van der Waals surface area (Å²) in [5.74, 6) is 1.24. The molecule has 1 N–H and O–H groups in total. The molecule has 0 fully saturated rings. The van der Waals surface area contributed by atoms with Gasteiger partial charge in [0.15, 0.2) is 0 Å². The predicted octanol–water partition coefficient (Wildman–Crippen LogP) is 2.42. The second-order valence-electron chi connectivity index (χ2n) is 4.74. The molecule has 1 aromatic rings. The van der Waals surface area contributed by atoms with E-state index >= 15 is 0 Å². The summed E-state index contributed by atoms with van der Waals surface area (Å²) >= 11 is 6.24. The number of aryl methyl sites for hydroxylation is 2. The van der Waals surface area contributed by atoms with Gasteiger partial charge < -0.3 is 5.32 Å². The summed E-state index contributed by atoms with van der Waals surface area (Å²) in [6.45, 7) is 7.55. The summed E-state index contributed by atoms with van der Waals surface area (Å²) in [7, 11) is 3.88. The fourth-order valence-electron chi connectivity index (χ4n) is 1.97. The molecule has 0 aromatic carbocycles. The lowest BCUT2D eigenvalue weighted by Crippen LogP contribution is -2.25. The van der Waals surface area contributed by atoms with Gasteiger partial charge in [-0.25, -0.2) is 0 Å². The largest absolute Gasteiger partial charge is 0.319 e. The van der Waals surface area contributed by atoms with Crippen LogP contribution in [0.15, 0.2) is 0 Å². The molecular formula is C12H22ClN3. The van der Waals surface area contributed by atoms with Gasteiger partial charge in [0.2, 0.25) is 0 Å². The lowest BCUT2D eigenvalue weighted by Gasteiger charge is -2.20. The molecule has 4 heteroatoms. The van der Waals surface area contributed by atoms with E-state index in [1.54, 1.807) is 4.68 Å². The molecule has 0 aliphatic rings. The fourth-order valence-corrected chi connectivity index (χ4v) is 2.23. The predicted molar refractivity (Wildman–Crippen MR) is 68.9 cm³/mol. The Morgan fingerprint density at radius 3 is 2.44 bits per heavy atom. The molecular weight excluding hydrogens is 222 g/mol. The van der Waals surface area contributed by atoms with Gasteiger partial charge in [-0.2, -0.15) is 5.10 Å². The van der Waals surface area contributed by atoms with Crippen LogP contribution in [0.1, 0.15) is 25.1 Å². The highest BCUT2D eigenvalue weighted by Gasteiger charge is 2.19. The standard InChI is InChI=1S/C12H22ClN3/c1-8(2)10(7-14-4)6-11-9(3)15-16(5)12(11)13/h8,10,14H,6-7H2,1-5H3. The average molecular weight is 244 g/mol. The summed E-state index contributed by atoms with van der Waals surface area (Å²) in [5.41, 5.74) is 2.24. The van der Waals surface area contributed by atoms with Crippen LogP contribution in [-0.4, -0.2) is 23.4 Å². The molecule has 0 amide bonds. The van der Waals surface area contributed by atoms with Crippen LogP contribution in [0.3, 0.4) is 0 Å². The monoisotopic (exact) mass is 243 g/mol. The van der Waals surface area contributed by atoms with Crippen LogP contribution in [0.4, 0.5) is 0 Å². The van der Waals surface area contributed by atoms with Gasteiger partial charge in [-0.05, 0) is 38.8 Å². The maximum Gasteiger partial charge on any atom is 0.130 e. The zero-order valence-electron chi connectivity index (χ0n) is 10.8. The lowest BCUT2D eigenvalue weighted by atomic mass is 9.89.